The van der Waals surface area contributed by atoms with Gasteiger partial charge in [-0.25, -0.2) is 0 Å². The van der Waals surface area contributed by atoms with Gasteiger partial charge in [0.15, 0.2) is 0 Å². The van der Waals surface area contributed by atoms with E-state index in [1.54, 1.807) is 0 Å². The highest BCUT2D eigenvalue weighted by molar-refractivity contribution is 5.79. The van der Waals surface area contributed by atoms with E-state index >= 15 is 0 Å². The number of carbonyl (C=O) groups excluding carboxylic acids is 2. The lowest BCUT2D eigenvalue weighted by Gasteiger charge is -2.18. The summed E-state index contributed by atoms with van der Waals surface area (Å²) in [6.07, 6.45) is 45.9. The monoisotopic (exact) mass is 599 g/mol. The molecule has 0 bridgehead atoms. The molecular weight excluding hydrogens is 528 g/mol. The Labute approximate surface area is 267 Å². The zero-order valence-corrected chi connectivity index (χ0v) is 28.7. The Morgan fingerprint density at radius 3 is 1.12 bits per heavy atom. The average molecular weight is 599 g/mol. The lowest BCUT2D eigenvalue weighted by Crippen LogP contribution is -2.47. The standard InChI is InChI=1S/C39H70N2O2/c1-4-7-9-11-13-15-17-19-21-23-25-27-29-31-33-35-38(42)40-37(6-3)41-39(43)36-34-32-30-28-26-24-22-20-18-16-14-12-10-8-5-2/h13-16,19-22,37H,4-12,17-18,23-36H2,1-3H3,(H,40,42)(H,41,43). The summed E-state index contributed by atoms with van der Waals surface area (Å²) in [4.78, 5) is 24.7. The fourth-order valence-corrected chi connectivity index (χ4v) is 4.97. The second kappa shape index (κ2) is 34.4. The first kappa shape index (κ1) is 40.9. The predicted molar refractivity (Wildman–Crippen MR) is 189 cm³/mol. The van der Waals surface area contributed by atoms with Gasteiger partial charge in [0, 0.05) is 12.8 Å². The number of carbonyl (C=O) groups is 2. The van der Waals surface area contributed by atoms with Gasteiger partial charge in [0.1, 0.15) is 6.17 Å². The van der Waals surface area contributed by atoms with Crippen molar-refractivity contribution in [3.05, 3.63) is 48.6 Å². The van der Waals surface area contributed by atoms with E-state index in [1.165, 1.54) is 89.9 Å². The summed E-state index contributed by atoms with van der Waals surface area (Å²) in [6.45, 7) is 6.49. The number of unbranched alkanes of at least 4 members (excludes halogenated alkanes) is 16. The quantitative estimate of drug-likeness (QED) is 0.0474. The number of hydrogen-bond acceptors (Lipinski definition) is 2. The molecule has 0 saturated heterocycles. The zero-order valence-electron chi connectivity index (χ0n) is 28.7. The maximum absolute atomic E-state index is 12.4. The van der Waals surface area contributed by atoms with Crippen molar-refractivity contribution in [3.63, 3.8) is 0 Å². The molecule has 2 N–H and O–H groups in total. The van der Waals surface area contributed by atoms with Crippen molar-refractivity contribution < 1.29 is 9.59 Å². The first-order chi connectivity index (χ1) is 21.1. The van der Waals surface area contributed by atoms with Crippen LogP contribution >= 0.6 is 0 Å². The van der Waals surface area contributed by atoms with E-state index in [4.69, 9.17) is 0 Å². The van der Waals surface area contributed by atoms with Crippen LogP contribution in [0.25, 0.3) is 0 Å². The minimum Gasteiger partial charge on any atom is -0.336 e. The Morgan fingerprint density at radius 2 is 0.767 bits per heavy atom. The van der Waals surface area contributed by atoms with E-state index in [0.717, 1.165) is 51.4 Å². The van der Waals surface area contributed by atoms with Crippen molar-refractivity contribution in [1.29, 1.82) is 0 Å². The van der Waals surface area contributed by atoms with Crippen LogP contribution < -0.4 is 10.6 Å². The molecule has 0 aromatic carbocycles. The number of allylic oxidation sites excluding steroid dienone is 8. The number of hydrogen-bond donors (Lipinski definition) is 2. The summed E-state index contributed by atoms with van der Waals surface area (Å²) in [6, 6.07) is 0. The van der Waals surface area contributed by atoms with Crippen LogP contribution in [0.15, 0.2) is 48.6 Å². The molecule has 2 amide bonds. The van der Waals surface area contributed by atoms with Gasteiger partial charge in [0.05, 0.1) is 0 Å². The van der Waals surface area contributed by atoms with Crippen molar-refractivity contribution in [1.82, 2.24) is 10.6 Å². The highest BCUT2D eigenvalue weighted by Crippen LogP contribution is 2.10. The first-order valence-corrected chi connectivity index (χ1v) is 18.3. The van der Waals surface area contributed by atoms with Crippen molar-refractivity contribution >= 4 is 11.8 Å². The Kier molecular flexibility index (Phi) is 32.7. The molecule has 4 nitrogen and oxygen atoms in total. The van der Waals surface area contributed by atoms with Crippen LogP contribution in [0.2, 0.25) is 0 Å². The molecule has 0 spiro atoms. The van der Waals surface area contributed by atoms with Crippen LogP contribution in [0.5, 0.6) is 0 Å². The average Bonchev–Trinajstić information content (AvgIpc) is 3.00. The van der Waals surface area contributed by atoms with E-state index in [9.17, 15) is 9.59 Å². The van der Waals surface area contributed by atoms with Crippen LogP contribution in [-0.4, -0.2) is 18.0 Å². The minimum atomic E-state index is -0.254. The van der Waals surface area contributed by atoms with Gasteiger partial charge in [-0.3, -0.25) is 9.59 Å². The van der Waals surface area contributed by atoms with Gasteiger partial charge in [0.2, 0.25) is 11.8 Å². The predicted octanol–water partition coefficient (Wildman–Crippen LogP) is 11.6. The van der Waals surface area contributed by atoms with Gasteiger partial charge in [-0.15, -0.1) is 0 Å². The van der Waals surface area contributed by atoms with Crippen molar-refractivity contribution in [2.75, 3.05) is 0 Å². The van der Waals surface area contributed by atoms with E-state index in [-0.39, 0.29) is 18.0 Å². The summed E-state index contributed by atoms with van der Waals surface area (Å²) in [5, 5.41) is 6.01. The SMILES string of the molecule is CCCCCC=CCC=CCCCCCCCC(=O)NC(CC)NC(=O)CCCCCCCC=CCC=CCCCCC. The lowest BCUT2D eigenvalue weighted by atomic mass is 10.1. The third-order valence-electron chi connectivity index (χ3n) is 7.79. The molecule has 0 aliphatic rings. The molecule has 0 rings (SSSR count). The van der Waals surface area contributed by atoms with Gasteiger partial charge in [-0.2, -0.15) is 0 Å². The number of nitrogens with one attached hydrogen (secondary N) is 2. The topological polar surface area (TPSA) is 58.2 Å². The molecule has 0 aliphatic heterocycles. The second-order valence-electron chi connectivity index (χ2n) is 12.1. The van der Waals surface area contributed by atoms with Crippen molar-refractivity contribution in [2.24, 2.45) is 0 Å². The van der Waals surface area contributed by atoms with Crippen molar-refractivity contribution in [2.45, 2.75) is 187 Å². The molecule has 0 fully saturated rings. The Morgan fingerprint density at radius 1 is 0.442 bits per heavy atom. The second-order valence-corrected chi connectivity index (χ2v) is 12.1. The smallest absolute Gasteiger partial charge is 0.221 e. The van der Waals surface area contributed by atoms with Crippen LogP contribution in [0.4, 0.5) is 0 Å². The molecule has 0 radical (unpaired) electrons. The molecule has 0 aromatic rings. The lowest BCUT2D eigenvalue weighted by molar-refractivity contribution is -0.124. The van der Waals surface area contributed by atoms with E-state index in [0.29, 0.717) is 19.3 Å². The molecule has 0 aliphatic carbocycles. The fourth-order valence-electron chi connectivity index (χ4n) is 4.97. The van der Waals surface area contributed by atoms with Crippen LogP contribution in [0, 0.1) is 0 Å². The van der Waals surface area contributed by atoms with Crippen LogP contribution in [0.3, 0.4) is 0 Å². The molecule has 0 unspecified atom stereocenters. The largest absolute Gasteiger partial charge is 0.336 e. The first-order valence-electron chi connectivity index (χ1n) is 18.3. The van der Waals surface area contributed by atoms with Gasteiger partial charge in [-0.1, -0.05) is 134 Å². The third kappa shape index (κ3) is 32.6. The zero-order chi connectivity index (χ0) is 31.5. The number of amides is 2. The van der Waals surface area contributed by atoms with Gasteiger partial charge in [-0.05, 0) is 83.5 Å². The summed E-state index contributed by atoms with van der Waals surface area (Å²) < 4.78 is 0. The van der Waals surface area contributed by atoms with Gasteiger partial charge in [0.25, 0.3) is 0 Å². The highest BCUT2D eigenvalue weighted by atomic mass is 16.2. The van der Waals surface area contributed by atoms with Gasteiger partial charge < -0.3 is 10.6 Å². The Balaban J connectivity index is 3.66. The molecule has 248 valence electrons. The third-order valence-corrected chi connectivity index (χ3v) is 7.79. The molecule has 0 atom stereocenters. The minimum absolute atomic E-state index is 0.0508. The Bertz CT molecular complexity index is 678. The van der Waals surface area contributed by atoms with E-state index in [2.05, 4.69) is 73.1 Å². The maximum Gasteiger partial charge on any atom is 0.221 e. The summed E-state index contributed by atoms with van der Waals surface area (Å²) >= 11 is 0. The Hall–Kier alpha value is -2.10. The summed E-state index contributed by atoms with van der Waals surface area (Å²) in [5.41, 5.74) is 0. The van der Waals surface area contributed by atoms with Crippen molar-refractivity contribution in [3.8, 4) is 0 Å². The highest BCUT2D eigenvalue weighted by Gasteiger charge is 2.12. The van der Waals surface area contributed by atoms with Gasteiger partial charge >= 0.3 is 0 Å². The summed E-state index contributed by atoms with van der Waals surface area (Å²) in [7, 11) is 0. The van der Waals surface area contributed by atoms with Crippen LogP contribution in [-0.2, 0) is 9.59 Å². The maximum atomic E-state index is 12.4. The molecule has 0 aromatic heterocycles. The number of rotatable bonds is 31. The molecule has 0 saturated carbocycles. The van der Waals surface area contributed by atoms with Crippen LogP contribution in [0.1, 0.15) is 181 Å². The summed E-state index contributed by atoms with van der Waals surface area (Å²) in [5.74, 6) is 0.102. The molecule has 4 heteroatoms. The molecular formula is C39H70N2O2. The van der Waals surface area contributed by atoms with E-state index in [1.807, 2.05) is 6.92 Å². The molecule has 43 heavy (non-hydrogen) atoms. The van der Waals surface area contributed by atoms with E-state index < -0.39 is 0 Å². The molecule has 0 heterocycles. The fraction of sp³-hybridized carbons (Fsp3) is 0.744. The normalized spacial score (nSPS) is 12.7.